The topological polar surface area (TPSA) is 63.3 Å². The van der Waals surface area contributed by atoms with Gasteiger partial charge in [0.05, 0.1) is 0 Å². The molecule has 3 N–H and O–H groups in total. The second-order valence-corrected chi connectivity index (χ2v) is 1.49. The second kappa shape index (κ2) is 10.4. The van der Waals surface area contributed by atoms with Crippen LogP contribution in [0.2, 0.25) is 0 Å². The minimum Gasteiger partial charge on any atom is -1.00 e. The number of carboxylic acid groups (broad SMARTS) is 1. The maximum Gasteiger partial charge on any atom is 1.00 e. The molecule has 0 spiro atoms. The van der Waals surface area contributed by atoms with E-state index in [1.54, 1.807) is 0 Å². The Morgan fingerprint density at radius 1 is 1.89 bits per heavy atom. The van der Waals surface area contributed by atoms with Crippen molar-refractivity contribution in [3.8, 4) is 0 Å². The maximum absolute atomic E-state index is 9.76. The van der Waals surface area contributed by atoms with E-state index in [-0.39, 0.29) is 89.5 Å². The Bertz CT molecular complexity index is 91.7. The average molecular weight is 185 g/mol. The van der Waals surface area contributed by atoms with Crippen LogP contribution in [0.25, 0.3) is 0 Å². The summed E-state index contributed by atoms with van der Waals surface area (Å²) < 4.78 is 0. The van der Waals surface area contributed by atoms with Crippen LogP contribution in [0.3, 0.4) is 0 Å². The summed E-state index contributed by atoms with van der Waals surface area (Å²) in [7, 11) is 0. The molecule has 0 saturated heterocycles. The van der Waals surface area contributed by atoms with Gasteiger partial charge in [-0.1, -0.05) is 0 Å². The Labute approximate surface area is 127 Å². The normalized spacial score (nSPS) is 10.4. The standard InChI is InChI=1S/C3H7NO2S.K.Na.2H/c4-2(1-7)3(5)6;;;;/h2,7H,1,4H2,(H,5,6);;;;/q;2*+1;2*-1/t2-;;;;/m0..../s1. The fourth-order valence-electron chi connectivity index (χ4n) is 0.0781. The van der Waals surface area contributed by atoms with Crippen molar-refractivity contribution in [2.75, 3.05) is 5.75 Å². The fourth-order valence-corrected chi connectivity index (χ4v) is 0.234. The molecule has 0 fully saturated rings. The first-order valence-corrected chi connectivity index (χ1v) is 2.41. The number of nitrogens with two attached hydrogens (primary N) is 1. The van der Waals surface area contributed by atoms with E-state index in [2.05, 4.69) is 12.6 Å². The van der Waals surface area contributed by atoms with Gasteiger partial charge in [-0.3, -0.25) is 4.79 Å². The molecule has 0 saturated carbocycles. The minimum atomic E-state index is -1.00. The molecular weight excluding hydrogens is 176 g/mol. The third-order valence-electron chi connectivity index (χ3n) is 0.514. The first-order valence-electron chi connectivity index (χ1n) is 1.77. The van der Waals surface area contributed by atoms with Crippen LogP contribution in [0.15, 0.2) is 0 Å². The molecule has 0 aliphatic rings. The van der Waals surface area contributed by atoms with E-state index in [9.17, 15) is 4.79 Å². The van der Waals surface area contributed by atoms with Gasteiger partial charge in [-0.25, -0.2) is 0 Å². The first kappa shape index (κ1) is 17.5. The average Bonchev–Trinajstić information content (AvgIpc) is 1.65. The molecule has 0 bridgehead atoms. The zero-order chi connectivity index (χ0) is 5.86. The van der Waals surface area contributed by atoms with Gasteiger partial charge in [0.15, 0.2) is 0 Å². The molecule has 0 aromatic carbocycles. The molecule has 0 aromatic rings. The van der Waals surface area contributed by atoms with Gasteiger partial charge in [0, 0.05) is 5.75 Å². The van der Waals surface area contributed by atoms with E-state index in [0.717, 1.165) is 0 Å². The van der Waals surface area contributed by atoms with Crippen molar-refractivity contribution in [2.24, 2.45) is 5.73 Å². The van der Waals surface area contributed by atoms with Crippen LogP contribution in [-0.4, -0.2) is 22.9 Å². The molecule has 9 heavy (non-hydrogen) atoms. The number of hydrogen-bond acceptors (Lipinski definition) is 3. The molecule has 0 heterocycles. The number of hydrogen-bond donors (Lipinski definition) is 3. The fraction of sp³-hybridized carbons (Fsp3) is 0.667. The summed E-state index contributed by atoms with van der Waals surface area (Å²) in [6.45, 7) is 0. The summed E-state index contributed by atoms with van der Waals surface area (Å²) in [4.78, 5) is 9.76. The summed E-state index contributed by atoms with van der Waals surface area (Å²) >= 11 is 3.65. The summed E-state index contributed by atoms with van der Waals surface area (Å²) in [6.07, 6.45) is 0. The van der Waals surface area contributed by atoms with Gasteiger partial charge in [0.25, 0.3) is 0 Å². The summed E-state index contributed by atoms with van der Waals surface area (Å²) in [5.41, 5.74) is 4.94. The van der Waals surface area contributed by atoms with E-state index in [0.29, 0.717) is 0 Å². The van der Waals surface area contributed by atoms with Crippen LogP contribution >= 0.6 is 12.6 Å². The third-order valence-corrected chi connectivity index (χ3v) is 0.907. The Morgan fingerprint density at radius 2 is 2.22 bits per heavy atom. The zero-order valence-corrected chi connectivity index (χ0v) is 11.7. The largest absolute Gasteiger partial charge is 1.00 e. The molecule has 0 unspecified atom stereocenters. The van der Waals surface area contributed by atoms with Crippen molar-refractivity contribution in [1.82, 2.24) is 0 Å². The van der Waals surface area contributed by atoms with Crippen LogP contribution in [-0.2, 0) is 4.79 Å². The molecule has 0 radical (unpaired) electrons. The number of rotatable bonds is 2. The molecule has 6 heteroatoms. The zero-order valence-electron chi connectivity index (χ0n) is 7.66. The van der Waals surface area contributed by atoms with E-state index in [1.807, 2.05) is 0 Å². The third kappa shape index (κ3) is 10.4. The van der Waals surface area contributed by atoms with Gasteiger partial charge in [-0.05, 0) is 0 Å². The van der Waals surface area contributed by atoms with Crippen LogP contribution in [0.5, 0.6) is 0 Å². The Balaban J connectivity index is -0.0000000300. The number of carboxylic acids is 1. The monoisotopic (exact) mass is 185 g/mol. The second-order valence-electron chi connectivity index (χ2n) is 1.13. The van der Waals surface area contributed by atoms with Gasteiger partial charge in [-0.2, -0.15) is 12.6 Å². The molecule has 0 aliphatic carbocycles. The molecule has 0 rings (SSSR count). The number of carbonyl (C=O) groups is 1. The van der Waals surface area contributed by atoms with Crippen molar-refractivity contribution in [3.05, 3.63) is 0 Å². The van der Waals surface area contributed by atoms with Crippen LogP contribution in [0.1, 0.15) is 2.85 Å². The Morgan fingerprint density at radius 3 is 2.22 bits per heavy atom. The first-order chi connectivity index (χ1) is 3.18. The van der Waals surface area contributed by atoms with E-state index in [4.69, 9.17) is 10.8 Å². The van der Waals surface area contributed by atoms with Crippen molar-refractivity contribution < 1.29 is 93.7 Å². The maximum atomic E-state index is 9.76. The molecular formula is C3H9KNNaO2S. The van der Waals surface area contributed by atoms with Gasteiger partial charge >= 0.3 is 86.9 Å². The molecule has 3 nitrogen and oxygen atoms in total. The van der Waals surface area contributed by atoms with Crippen LogP contribution < -0.4 is 86.7 Å². The Hall–Kier alpha value is 2.42. The molecule has 1 atom stereocenters. The molecule has 0 aromatic heterocycles. The van der Waals surface area contributed by atoms with Gasteiger partial charge < -0.3 is 13.7 Å². The van der Waals surface area contributed by atoms with Gasteiger partial charge in [0.2, 0.25) is 0 Å². The Kier molecular flexibility index (Phi) is 20.2. The SMILES string of the molecule is N[C@@H](CS)C(=O)O.[H-].[H-].[K+].[Na+]. The predicted octanol–water partition coefficient (Wildman–Crippen LogP) is -6.44. The minimum absolute atomic E-state index is 0. The summed E-state index contributed by atoms with van der Waals surface area (Å²) in [5, 5.41) is 8.01. The van der Waals surface area contributed by atoms with Crippen LogP contribution in [0.4, 0.5) is 0 Å². The van der Waals surface area contributed by atoms with Crippen molar-refractivity contribution >= 4 is 18.6 Å². The molecule has 46 valence electrons. The van der Waals surface area contributed by atoms with Crippen molar-refractivity contribution in [3.63, 3.8) is 0 Å². The predicted molar refractivity (Wildman–Crippen MR) is 31.7 cm³/mol. The molecule has 0 amide bonds. The van der Waals surface area contributed by atoms with E-state index < -0.39 is 12.0 Å². The number of aliphatic carboxylic acids is 1. The smallest absolute Gasteiger partial charge is 1.00 e. The molecule has 0 aliphatic heterocycles. The summed E-state index contributed by atoms with van der Waals surface area (Å²) in [6, 6.07) is -0.816. The summed E-state index contributed by atoms with van der Waals surface area (Å²) in [5.74, 6) is -0.815. The number of thiol groups is 1. The van der Waals surface area contributed by atoms with E-state index >= 15 is 0 Å². The van der Waals surface area contributed by atoms with Gasteiger partial charge in [0.1, 0.15) is 6.04 Å². The van der Waals surface area contributed by atoms with Crippen LogP contribution in [0, 0.1) is 0 Å². The van der Waals surface area contributed by atoms with E-state index in [1.165, 1.54) is 0 Å². The van der Waals surface area contributed by atoms with Gasteiger partial charge in [-0.15, -0.1) is 0 Å². The van der Waals surface area contributed by atoms with Crippen molar-refractivity contribution in [1.29, 1.82) is 0 Å². The quantitative estimate of drug-likeness (QED) is 0.296. The van der Waals surface area contributed by atoms with Crippen molar-refractivity contribution in [2.45, 2.75) is 6.04 Å².